The van der Waals surface area contributed by atoms with Crippen LogP contribution in [0.5, 0.6) is 0 Å². The molecule has 18 heavy (non-hydrogen) atoms. The number of rotatable bonds is 6. The van der Waals surface area contributed by atoms with Gasteiger partial charge in [0.05, 0.1) is 9.83 Å². The highest BCUT2D eigenvalue weighted by molar-refractivity contribution is 9.11. The quantitative estimate of drug-likeness (QED) is 0.834. The largest absolute Gasteiger partial charge is 0.359 e. The zero-order chi connectivity index (χ0) is 13.7. The Bertz CT molecular complexity index is 396. The monoisotopic (exact) mass is 333 g/mol. The first-order valence-electron chi connectivity index (χ1n) is 5.86. The Kier molecular flexibility index (Phi) is 6.28. The number of carbonyl (C=O) groups excluding carboxylic acids is 1. The SMILES string of the molecule is CNC(=O)C(C)CN(C)C(CN)c1ccc(Br)s1. The van der Waals surface area contributed by atoms with Crippen molar-refractivity contribution < 1.29 is 4.79 Å². The van der Waals surface area contributed by atoms with Crippen LogP contribution in [-0.4, -0.2) is 38.0 Å². The second-order valence-corrected chi connectivity index (χ2v) is 6.84. The molecule has 0 aliphatic heterocycles. The van der Waals surface area contributed by atoms with E-state index in [2.05, 4.69) is 32.2 Å². The number of halogens is 1. The Labute approximate surface area is 121 Å². The molecule has 0 aliphatic carbocycles. The van der Waals surface area contributed by atoms with Crippen molar-refractivity contribution in [3.05, 3.63) is 20.8 Å². The van der Waals surface area contributed by atoms with E-state index in [-0.39, 0.29) is 17.9 Å². The van der Waals surface area contributed by atoms with Crippen molar-refractivity contribution in [2.75, 3.05) is 27.2 Å². The standard InChI is InChI=1S/C12H20BrN3OS/c1-8(12(17)15-2)7-16(3)9(6-14)10-4-5-11(13)18-10/h4-5,8-9H,6-7,14H2,1-3H3,(H,15,17). The topological polar surface area (TPSA) is 58.4 Å². The van der Waals surface area contributed by atoms with Gasteiger partial charge in [-0.25, -0.2) is 0 Å². The summed E-state index contributed by atoms with van der Waals surface area (Å²) in [4.78, 5) is 14.9. The Morgan fingerprint density at radius 3 is 2.72 bits per heavy atom. The second-order valence-electron chi connectivity index (χ2n) is 4.35. The Balaban J connectivity index is 2.68. The zero-order valence-corrected chi connectivity index (χ0v) is 13.3. The molecule has 0 bridgehead atoms. The number of amides is 1. The first-order chi connectivity index (χ1) is 8.49. The Morgan fingerprint density at radius 2 is 2.28 bits per heavy atom. The average Bonchev–Trinajstić information content (AvgIpc) is 2.75. The highest BCUT2D eigenvalue weighted by Gasteiger charge is 2.21. The highest BCUT2D eigenvalue weighted by Crippen LogP contribution is 2.29. The summed E-state index contributed by atoms with van der Waals surface area (Å²) in [6, 6.07) is 4.26. The predicted molar refractivity (Wildman–Crippen MR) is 79.7 cm³/mol. The third-order valence-electron chi connectivity index (χ3n) is 2.93. The van der Waals surface area contributed by atoms with Crippen molar-refractivity contribution in [3.8, 4) is 0 Å². The number of hydrogen-bond acceptors (Lipinski definition) is 4. The van der Waals surface area contributed by atoms with Crippen LogP contribution in [0.3, 0.4) is 0 Å². The number of nitrogens with zero attached hydrogens (tertiary/aromatic N) is 1. The van der Waals surface area contributed by atoms with E-state index in [1.165, 1.54) is 4.88 Å². The third-order valence-corrected chi connectivity index (χ3v) is 4.66. The van der Waals surface area contributed by atoms with Crippen molar-refractivity contribution in [1.29, 1.82) is 0 Å². The van der Waals surface area contributed by atoms with Gasteiger partial charge in [-0.05, 0) is 35.1 Å². The fourth-order valence-corrected chi connectivity index (χ4v) is 3.51. The Morgan fingerprint density at radius 1 is 1.61 bits per heavy atom. The molecule has 0 fully saturated rings. The van der Waals surface area contributed by atoms with Gasteiger partial charge in [-0.3, -0.25) is 9.69 Å². The van der Waals surface area contributed by atoms with Gasteiger partial charge in [-0.2, -0.15) is 0 Å². The number of likely N-dealkylation sites (N-methyl/N-ethyl adjacent to an activating group) is 1. The molecule has 1 rings (SSSR count). The van der Waals surface area contributed by atoms with Gasteiger partial charge < -0.3 is 11.1 Å². The van der Waals surface area contributed by atoms with Crippen LogP contribution < -0.4 is 11.1 Å². The molecule has 0 aliphatic rings. The van der Waals surface area contributed by atoms with Crippen LogP contribution in [0, 0.1) is 5.92 Å². The van der Waals surface area contributed by atoms with Crippen molar-refractivity contribution in [3.63, 3.8) is 0 Å². The minimum Gasteiger partial charge on any atom is -0.359 e. The third kappa shape index (κ3) is 4.05. The van der Waals surface area contributed by atoms with Gasteiger partial charge in [0.1, 0.15) is 0 Å². The molecule has 2 atom stereocenters. The van der Waals surface area contributed by atoms with Gasteiger partial charge in [-0.1, -0.05) is 6.92 Å². The molecule has 0 saturated carbocycles. The molecule has 4 nitrogen and oxygen atoms in total. The lowest BCUT2D eigenvalue weighted by Gasteiger charge is -2.28. The first kappa shape index (κ1) is 15.6. The molecule has 0 aromatic carbocycles. The van der Waals surface area contributed by atoms with E-state index in [0.29, 0.717) is 13.1 Å². The molecule has 0 spiro atoms. The first-order valence-corrected chi connectivity index (χ1v) is 7.47. The van der Waals surface area contributed by atoms with E-state index >= 15 is 0 Å². The van der Waals surface area contributed by atoms with Gasteiger partial charge in [0.25, 0.3) is 0 Å². The number of thiophene rings is 1. The molecular formula is C12H20BrN3OS. The van der Waals surface area contributed by atoms with Gasteiger partial charge >= 0.3 is 0 Å². The number of nitrogens with one attached hydrogen (secondary N) is 1. The van der Waals surface area contributed by atoms with E-state index in [4.69, 9.17) is 5.73 Å². The smallest absolute Gasteiger partial charge is 0.223 e. The van der Waals surface area contributed by atoms with Crippen LogP contribution in [0.2, 0.25) is 0 Å². The van der Waals surface area contributed by atoms with E-state index in [1.54, 1.807) is 18.4 Å². The molecule has 6 heteroatoms. The summed E-state index contributed by atoms with van der Waals surface area (Å²) >= 11 is 5.14. The van der Waals surface area contributed by atoms with Crippen LogP contribution in [0.25, 0.3) is 0 Å². The summed E-state index contributed by atoms with van der Waals surface area (Å²) in [5.74, 6) is 0.0161. The second kappa shape index (κ2) is 7.23. The van der Waals surface area contributed by atoms with Gasteiger partial charge in [0, 0.05) is 30.9 Å². The molecular weight excluding hydrogens is 314 g/mol. The van der Waals surface area contributed by atoms with Crippen LogP contribution >= 0.6 is 27.3 Å². The molecule has 102 valence electrons. The minimum atomic E-state index is -0.0440. The van der Waals surface area contributed by atoms with Gasteiger partial charge in [-0.15, -0.1) is 11.3 Å². The van der Waals surface area contributed by atoms with E-state index in [0.717, 1.165) is 3.79 Å². The zero-order valence-electron chi connectivity index (χ0n) is 10.9. The maximum Gasteiger partial charge on any atom is 0.223 e. The van der Waals surface area contributed by atoms with Gasteiger partial charge in [0.2, 0.25) is 5.91 Å². The molecule has 2 unspecified atom stereocenters. The number of nitrogens with two attached hydrogens (primary N) is 1. The molecule has 1 amide bonds. The minimum absolute atomic E-state index is 0.0440. The van der Waals surface area contributed by atoms with Crippen LogP contribution in [0.1, 0.15) is 17.8 Å². The molecule has 1 heterocycles. The van der Waals surface area contributed by atoms with E-state index < -0.39 is 0 Å². The van der Waals surface area contributed by atoms with E-state index in [9.17, 15) is 4.79 Å². The lowest BCUT2D eigenvalue weighted by atomic mass is 10.1. The van der Waals surface area contributed by atoms with Crippen molar-refractivity contribution in [2.45, 2.75) is 13.0 Å². The summed E-state index contributed by atoms with van der Waals surface area (Å²) < 4.78 is 1.10. The molecule has 3 N–H and O–H groups in total. The van der Waals surface area contributed by atoms with E-state index in [1.807, 2.05) is 20.0 Å². The van der Waals surface area contributed by atoms with Crippen molar-refractivity contribution in [2.24, 2.45) is 11.7 Å². The van der Waals surface area contributed by atoms with Crippen LogP contribution in [0.15, 0.2) is 15.9 Å². The van der Waals surface area contributed by atoms with Crippen molar-refractivity contribution >= 4 is 33.2 Å². The number of carbonyl (C=O) groups is 1. The average molecular weight is 334 g/mol. The molecule has 0 saturated heterocycles. The summed E-state index contributed by atoms with van der Waals surface area (Å²) in [7, 11) is 3.67. The lowest BCUT2D eigenvalue weighted by molar-refractivity contribution is -0.124. The predicted octanol–water partition coefficient (Wildman–Crippen LogP) is 1.82. The lowest BCUT2D eigenvalue weighted by Crippen LogP contribution is -2.38. The van der Waals surface area contributed by atoms with Crippen molar-refractivity contribution in [1.82, 2.24) is 10.2 Å². The molecule has 1 aromatic rings. The molecule has 0 radical (unpaired) electrons. The normalized spacial score (nSPS) is 14.6. The highest BCUT2D eigenvalue weighted by atomic mass is 79.9. The number of hydrogen-bond donors (Lipinski definition) is 2. The summed E-state index contributed by atoms with van der Waals surface area (Å²) in [6.45, 7) is 3.16. The Hall–Kier alpha value is -0.430. The summed E-state index contributed by atoms with van der Waals surface area (Å²) in [5, 5.41) is 2.67. The fraction of sp³-hybridized carbons (Fsp3) is 0.583. The summed E-state index contributed by atoms with van der Waals surface area (Å²) in [6.07, 6.45) is 0. The molecule has 1 aromatic heterocycles. The van der Waals surface area contributed by atoms with Crippen LogP contribution in [0.4, 0.5) is 0 Å². The maximum atomic E-state index is 11.5. The maximum absolute atomic E-state index is 11.5. The summed E-state index contributed by atoms with van der Waals surface area (Å²) in [5.41, 5.74) is 5.85. The fourth-order valence-electron chi connectivity index (χ4n) is 1.91. The van der Waals surface area contributed by atoms with Crippen LogP contribution in [-0.2, 0) is 4.79 Å². The van der Waals surface area contributed by atoms with Gasteiger partial charge in [0.15, 0.2) is 0 Å².